The maximum absolute atomic E-state index is 12.8. The zero-order valence-electron chi connectivity index (χ0n) is 7.40. The van der Waals surface area contributed by atoms with Crippen LogP contribution in [-0.2, 0) is 4.79 Å². The summed E-state index contributed by atoms with van der Waals surface area (Å²) in [4.78, 5) is 10.6. The van der Waals surface area contributed by atoms with Crippen LogP contribution in [0, 0.1) is 11.7 Å². The molecule has 0 aromatic heterocycles. The van der Waals surface area contributed by atoms with Crippen LogP contribution >= 0.6 is 0 Å². The molecule has 14 heavy (non-hydrogen) atoms. The highest BCUT2D eigenvalue weighted by atomic mass is 19.1. The highest BCUT2D eigenvalue weighted by Crippen LogP contribution is 2.47. The van der Waals surface area contributed by atoms with Crippen LogP contribution in [-0.4, -0.2) is 11.1 Å². The zero-order valence-corrected chi connectivity index (χ0v) is 7.40. The lowest BCUT2D eigenvalue weighted by atomic mass is 10.1. The first-order valence-corrected chi connectivity index (χ1v) is 4.37. The van der Waals surface area contributed by atoms with Crippen LogP contribution < -0.4 is 5.73 Å². The van der Waals surface area contributed by atoms with Gasteiger partial charge in [0.1, 0.15) is 5.82 Å². The van der Waals surface area contributed by atoms with E-state index < -0.39 is 11.8 Å². The fourth-order valence-electron chi connectivity index (χ4n) is 1.63. The number of aliphatic carboxylic acids is 1. The number of hydrogen-bond donors (Lipinski definition) is 2. The van der Waals surface area contributed by atoms with Crippen molar-refractivity contribution in [1.29, 1.82) is 0 Å². The molecule has 4 heteroatoms. The average molecular weight is 195 g/mol. The first kappa shape index (κ1) is 8.99. The Morgan fingerprint density at radius 2 is 2.29 bits per heavy atom. The number of nitrogens with two attached hydrogens (primary N) is 1. The summed E-state index contributed by atoms with van der Waals surface area (Å²) in [7, 11) is 0. The van der Waals surface area contributed by atoms with Crippen molar-refractivity contribution in [3.8, 4) is 0 Å². The smallest absolute Gasteiger partial charge is 0.307 e. The molecule has 0 unspecified atom stereocenters. The molecule has 1 aliphatic rings. The van der Waals surface area contributed by atoms with Crippen molar-refractivity contribution in [2.24, 2.45) is 5.92 Å². The van der Waals surface area contributed by atoms with E-state index in [0.717, 1.165) is 5.56 Å². The molecular formula is C10H10FNO2. The monoisotopic (exact) mass is 195 g/mol. The lowest BCUT2D eigenvalue weighted by Gasteiger charge is -2.01. The molecule has 2 atom stereocenters. The van der Waals surface area contributed by atoms with Crippen molar-refractivity contribution in [3.63, 3.8) is 0 Å². The molecule has 0 aliphatic heterocycles. The number of nitrogen functional groups attached to an aromatic ring is 1. The van der Waals surface area contributed by atoms with Gasteiger partial charge in [0.25, 0.3) is 0 Å². The van der Waals surface area contributed by atoms with Gasteiger partial charge in [-0.1, -0.05) is 6.07 Å². The SMILES string of the molecule is Nc1cc([C@@H]2C[C@H]2C(=O)O)ccc1F. The molecule has 1 aromatic carbocycles. The number of anilines is 1. The topological polar surface area (TPSA) is 63.3 Å². The molecule has 0 amide bonds. The summed E-state index contributed by atoms with van der Waals surface area (Å²) in [5, 5.41) is 8.70. The molecule has 3 N–H and O–H groups in total. The van der Waals surface area contributed by atoms with Crippen molar-refractivity contribution in [2.45, 2.75) is 12.3 Å². The number of carboxylic acids is 1. The summed E-state index contributed by atoms with van der Waals surface area (Å²) >= 11 is 0. The predicted molar refractivity (Wildman–Crippen MR) is 49.3 cm³/mol. The summed E-state index contributed by atoms with van der Waals surface area (Å²) < 4.78 is 12.8. The van der Waals surface area contributed by atoms with Crippen molar-refractivity contribution in [1.82, 2.24) is 0 Å². The largest absolute Gasteiger partial charge is 0.481 e. The Hall–Kier alpha value is -1.58. The van der Waals surface area contributed by atoms with Gasteiger partial charge in [-0.2, -0.15) is 0 Å². The Balaban J connectivity index is 2.20. The standard InChI is InChI=1S/C10H10FNO2/c11-8-2-1-5(3-9(8)12)6-4-7(6)10(13)14/h1-3,6-7H,4,12H2,(H,13,14)/t6-,7+/m0/s1. The van der Waals surface area contributed by atoms with Gasteiger partial charge < -0.3 is 10.8 Å². The lowest BCUT2D eigenvalue weighted by Crippen LogP contribution is -1.99. The minimum atomic E-state index is -0.794. The van der Waals surface area contributed by atoms with Crippen LogP contribution in [0.15, 0.2) is 18.2 Å². The second-order valence-electron chi connectivity index (χ2n) is 3.57. The molecule has 0 spiro atoms. The third kappa shape index (κ3) is 1.43. The van der Waals surface area contributed by atoms with Crippen molar-refractivity contribution < 1.29 is 14.3 Å². The number of benzene rings is 1. The number of halogens is 1. The predicted octanol–water partition coefficient (Wildman–Crippen LogP) is 1.60. The van der Waals surface area contributed by atoms with Crippen LogP contribution in [0.5, 0.6) is 0 Å². The van der Waals surface area contributed by atoms with E-state index in [0.29, 0.717) is 6.42 Å². The molecule has 0 radical (unpaired) electrons. The van der Waals surface area contributed by atoms with Gasteiger partial charge in [0.15, 0.2) is 0 Å². The van der Waals surface area contributed by atoms with Crippen LogP contribution in [0.1, 0.15) is 17.9 Å². The van der Waals surface area contributed by atoms with E-state index in [1.54, 1.807) is 6.07 Å². The van der Waals surface area contributed by atoms with Gasteiger partial charge in [-0.25, -0.2) is 4.39 Å². The summed E-state index contributed by atoms with van der Waals surface area (Å²) in [5.41, 5.74) is 6.28. The third-order valence-electron chi connectivity index (χ3n) is 2.56. The van der Waals surface area contributed by atoms with E-state index in [-0.39, 0.29) is 17.5 Å². The average Bonchev–Trinajstić information content (AvgIpc) is 2.89. The van der Waals surface area contributed by atoms with Crippen molar-refractivity contribution >= 4 is 11.7 Å². The van der Waals surface area contributed by atoms with Crippen LogP contribution in [0.2, 0.25) is 0 Å². The molecule has 1 fully saturated rings. The first-order chi connectivity index (χ1) is 6.59. The minimum Gasteiger partial charge on any atom is -0.481 e. The summed E-state index contributed by atoms with van der Waals surface area (Å²) in [6, 6.07) is 4.39. The summed E-state index contributed by atoms with van der Waals surface area (Å²) in [5.74, 6) is -1.56. The molecule has 1 aromatic rings. The van der Waals surface area contributed by atoms with Crippen molar-refractivity contribution in [2.75, 3.05) is 5.73 Å². The molecule has 1 aliphatic carbocycles. The highest BCUT2D eigenvalue weighted by Gasteiger charge is 2.44. The Morgan fingerprint density at radius 1 is 1.57 bits per heavy atom. The minimum absolute atomic E-state index is 0.00963. The second-order valence-corrected chi connectivity index (χ2v) is 3.57. The molecule has 2 rings (SSSR count). The van der Waals surface area contributed by atoms with Gasteiger partial charge in [-0.3, -0.25) is 4.79 Å². The first-order valence-electron chi connectivity index (χ1n) is 4.37. The molecule has 1 saturated carbocycles. The number of carbonyl (C=O) groups is 1. The van der Waals surface area contributed by atoms with Gasteiger partial charge in [0.05, 0.1) is 11.6 Å². The normalized spacial score (nSPS) is 24.6. The Kier molecular flexibility index (Phi) is 1.91. The fraction of sp³-hybridized carbons (Fsp3) is 0.300. The van der Waals surface area contributed by atoms with E-state index in [1.165, 1.54) is 12.1 Å². The van der Waals surface area contributed by atoms with Gasteiger partial charge >= 0.3 is 5.97 Å². The highest BCUT2D eigenvalue weighted by molar-refractivity contribution is 5.75. The lowest BCUT2D eigenvalue weighted by molar-refractivity contribution is -0.138. The van der Waals surface area contributed by atoms with E-state index in [1.807, 2.05) is 0 Å². The third-order valence-corrected chi connectivity index (χ3v) is 2.56. The van der Waals surface area contributed by atoms with Gasteiger partial charge in [-0.05, 0) is 30.0 Å². The maximum atomic E-state index is 12.8. The quantitative estimate of drug-likeness (QED) is 0.704. The van der Waals surface area contributed by atoms with Crippen molar-refractivity contribution in [3.05, 3.63) is 29.6 Å². The maximum Gasteiger partial charge on any atom is 0.307 e. The summed E-state index contributed by atoms with van der Waals surface area (Å²) in [6.07, 6.45) is 0.625. The molecule has 0 saturated heterocycles. The molecule has 0 bridgehead atoms. The van der Waals surface area contributed by atoms with E-state index in [4.69, 9.17) is 10.8 Å². The van der Waals surface area contributed by atoms with E-state index in [2.05, 4.69) is 0 Å². The Labute approximate surface area is 80.3 Å². The Bertz CT molecular complexity index is 392. The fourth-order valence-corrected chi connectivity index (χ4v) is 1.63. The van der Waals surface area contributed by atoms with Crippen LogP contribution in [0.25, 0.3) is 0 Å². The van der Waals surface area contributed by atoms with Gasteiger partial charge in [-0.15, -0.1) is 0 Å². The Morgan fingerprint density at radius 3 is 2.79 bits per heavy atom. The van der Waals surface area contributed by atoms with Gasteiger partial charge in [0.2, 0.25) is 0 Å². The second kappa shape index (κ2) is 2.97. The number of rotatable bonds is 2. The zero-order chi connectivity index (χ0) is 10.3. The molecule has 74 valence electrons. The van der Waals surface area contributed by atoms with E-state index >= 15 is 0 Å². The number of hydrogen-bond acceptors (Lipinski definition) is 2. The summed E-state index contributed by atoms with van der Waals surface area (Å²) in [6.45, 7) is 0. The van der Waals surface area contributed by atoms with Crippen LogP contribution in [0.4, 0.5) is 10.1 Å². The van der Waals surface area contributed by atoms with Crippen LogP contribution in [0.3, 0.4) is 0 Å². The molecule has 0 heterocycles. The van der Waals surface area contributed by atoms with Gasteiger partial charge in [0, 0.05) is 0 Å². The number of carboxylic acid groups (broad SMARTS) is 1. The molecular weight excluding hydrogens is 185 g/mol. The molecule has 3 nitrogen and oxygen atoms in total. The van der Waals surface area contributed by atoms with E-state index in [9.17, 15) is 9.18 Å².